The minimum Gasteiger partial charge on any atom is -0.481 e. The fraction of sp³-hybridized carbons (Fsp3) is 0.412. The van der Waals surface area contributed by atoms with Gasteiger partial charge in [0.15, 0.2) is 0 Å². The molecule has 0 aliphatic heterocycles. The number of halogens is 1. The van der Waals surface area contributed by atoms with E-state index in [9.17, 15) is 14.7 Å². The number of hydrogen-bond acceptors (Lipinski definition) is 2. The highest BCUT2D eigenvalue weighted by Crippen LogP contribution is 2.48. The topological polar surface area (TPSA) is 66.4 Å². The predicted octanol–water partition coefficient (Wildman–Crippen LogP) is 2.52. The van der Waals surface area contributed by atoms with Gasteiger partial charge in [0.1, 0.15) is 0 Å². The van der Waals surface area contributed by atoms with Crippen LogP contribution in [0.25, 0.3) is 0 Å². The van der Waals surface area contributed by atoms with E-state index < -0.39 is 17.8 Å². The number of rotatable bonds is 5. The van der Waals surface area contributed by atoms with Crippen molar-refractivity contribution in [3.8, 4) is 0 Å². The maximum atomic E-state index is 12.4. The van der Waals surface area contributed by atoms with Gasteiger partial charge in [-0.3, -0.25) is 9.59 Å². The van der Waals surface area contributed by atoms with Crippen molar-refractivity contribution in [3.05, 3.63) is 47.0 Å². The van der Waals surface area contributed by atoms with Gasteiger partial charge in [-0.25, -0.2) is 0 Å². The Morgan fingerprint density at radius 1 is 1.14 bits per heavy atom. The molecule has 0 saturated heterocycles. The Morgan fingerprint density at radius 2 is 1.77 bits per heavy atom. The minimum absolute atomic E-state index is 0.00881. The molecule has 2 aliphatic carbocycles. The smallest absolute Gasteiger partial charge is 0.307 e. The molecule has 0 heterocycles. The van der Waals surface area contributed by atoms with Gasteiger partial charge in [0.25, 0.3) is 0 Å². The van der Waals surface area contributed by atoms with E-state index in [-0.39, 0.29) is 17.7 Å². The third-order valence-electron chi connectivity index (χ3n) is 4.67. The third-order valence-corrected chi connectivity index (χ3v) is 4.93. The second kappa shape index (κ2) is 6.13. The molecule has 1 amide bonds. The van der Waals surface area contributed by atoms with Gasteiger partial charge in [0.2, 0.25) is 5.91 Å². The van der Waals surface area contributed by atoms with E-state index >= 15 is 0 Å². The molecule has 22 heavy (non-hydrogen) atoms. The summed E-state index contributed by atoms with van der Waals surface area (Å²) in [6.07, 6.45) is 5.43. The van der Waals surface area contributed by atoms with Gasteiger partial charge in [-0.1, -0.05) is 35.9 Å². The van der Waals surface area contributed by atoms with E-state index in [4.69, 9.17) is 11.6 Å². The zero-order chi connectivity index (χ0) is 15.7. The van der Waals surface area contributed by atoms with Crippen LogP contribution in [0.3, 0.4) is 0 Å². The molecule has 1 aromatic rings. The van der Waals surface area contributed by atoms with Gasteiger partial charge in [0.05, 0.1) is 11.8 Å². The number of amides is 1. The molecule has 0 aromatic heterocycles. The normalized spacial score (nSPS) is 28.8. The number of fused-ring (bicyclic) bond motifs is 2. The summed E-state index contributed by atoms with van der Waals surface area (Å²) in [5.41, 5.74) is 1.09. The highest BCUT2D eigenvalue weighted by molar-refractivity contribution is 6.30. The van der Waals surface area contributed by atoms with Crippen LogP contribution in [0.15, 0.2) is 36.4 Å². The zero-order valence-corrected chi connectivity index (χ0v) is 12.8. The molecule has 2 N–H and O–H groups in total. The summed E-state index contributed by atoms with van der Waals surface area (Å²) in [5, 5.41) is 12.9. The third kappa shape index (κ3) is 2.88. The van der Waals surface area contributed by atoms with Crippen molar-refractivity contribution in [2.75, 3.05) is 6.54 Å². The standard InChI is InChI=1S/C17H18ClNO3/c18-13-5-1-10(2-6-13)7-8-19-16(20)14-11-3-4-12(9-11)15(14)17(21)22/h1-6,11-12,14-15H,7-9H2,(H,19,20)(H,21,22)/t11-,12-,14+,15-/m0/s1. The Balaban J connectivity index is 1.56. The fourth-order valence-electron chi connectivity index (χ4n) is 3.62. The molecule has 4 nitrogen and oxygen atoms in total. The number of carboxylic acids is 1. The summed E-state index contributed by atoms with van der Waals surface area (Å²) in [6, 6.07) is 7.49. The molecule has 4 atom stereocenters. The van der Waals surface area contributed by atoms with Gasteiger partial charge in [-0.15, -0.1) is 0 Å². The van der Waals surface area contributed by atoms with Crippen molar-refractivity contribution >= 4 is 23.5 Å². The first kappa shape index (κ1) is 15.1. The molecule has 1 saturated carbocycles. The lowest BCUT2D eigenvalue weighted by Gasteiger charge is -2.23. The first-order valence-corrected chi connectivity index (χ1v) is 7.87. The SMILES string of the molecule is O=C(O)[C@@H]1[C@H](C(=O)NCCc2ccc(Cl)cc2)[C@H]2C=C[C@H]1C2. The van der Waals surface area contributed by atoms with Crippen LogP contribution in [-0.2, 0) is 16.0 Å². The summed E-state index contributed by atoms with van der Waals surface area (Å²) in [5.74, 6) is -1.94. The first-order valence-electron chi connectivity index (χ1n) is 7.49. The lowest BCUT2D eigenvalue weighted by Crippen LogP contribution is -2.40. The predicted molar refractivity (Wildman–Crippen MR) is 83.5 cm³/mol. The summed E-state index contributed by atoms with van der Waals surface area (Å²) in [7, 11) is 0. The van der Waals surface area contributed by atoms with E-state index in [0.717, 1.165) is 12.0 Å². The molecule has 0 radical (unpaired) electrons. The summed E-state index contributed by atoms with van der Waals surface area (Å²) < 4.78 is 0. The van der Waals surface area contributed by atoms with Crippen LogP contribution in [0.5, 0.6) is 0 Å². The second-order valence-electron chi connectivity index (χ2n) is 6.01. The number of benzene rings is 1. The Labute approximate surface area is 134 Å². The number of carboxylic acid groups (broad SMARTS) is 1. The van der Waals surface area contributed by atoms with E-state index in [2.05, 4.69) is 5.32 Å². The Hall–Kier alpha value is -1.81. The molecule has 0 spiro atoms. The highest BCUT2D eigenvalue weighted by atomic mass is 35.5. The van der Waals surface area contributed by atoms with Crippen molar-refractivity contribution in [3.63, 3.8) is 0 Å². The van der Waals surface area contributed by atoms with Gasteiger partial charge >= 0.3 is 5.97 Å². The molecule has 3 rings (SSSR count). The molecular weight excluding hydrogens is 302 g/mol. The molecule has 1 fully saturated rings. The van der Waals surface area contributed by atoms with Crippen LogP contribution in [0.4, 0.5) is 0 Å². The van der Waals surface area contributed by atoms with E-state index in [1.807, 2.05) is 36.4 Å². The molecule has 2 bridgehead atoms. The van der Waals surface area contributed by atoms with Crippen LogP contribution in [0.1, 0.15) is 12.0 Å². The van der Waals surface area contributed by atoms with Crippen molar-refractivity contribution in [2.45, 2.75) is 12.8 Å². The average molecular weight is 320 g/mol. The van der Waals surface area contributed by atoms with Crippen molar-refractivity contribution in [1.29, 1.82) is 0 Å². The zero-order valence-electron chi connectivity index (χ0n) is 12.0. The summed E-state index contributed by atoms with van der Waals surface area (Å²) in [6.45, 7) is 0.504. The van der Waals surface area contributed by atoms with Crippen LogP contribution >= 0.6 is 11.6 Å². The van der Waals surface area contributed by atoms with E-state index in [1.54, 1.807) is 0 Å². The maximum absolute atomic E-state index is 12.4. The molecule has 116 valence electrons. The fourth-order valence-corrected chi connectivity index (χ4v) is 3.74. The monoisotopic (exact) mass is 319 g/mol. The van der Waals surface area contributed by atoms with E-state index in [0.29, 0.717) is 18.0 Å². The lowest BCUT2D eigenvalue weighted by molar-refractivity contribution is -0.147. The van der Waals surface area contributed by atoms with Crippen molar-refractivity contribution in [1.82, 2.24) is 5.32 Å². The quantitative estimate of drug-likeness (QED) is 0.820. The largest absolute Gasteiger partial charge is 0.481 e. The Bertz CT molecular complexity index is 611. The number of hydrogen-bond donors (Lipinski definition) is 2. The number of allylic oxidation sites excluding steroid dienone is 2. The van der Waals surface area contributed by atoms with Gasteiger partial charge in [0, 0.05) is 11.6 Å². The Morgan fingerprint density at radius 3 is 2.41 bits per heavy atom. The van der Waals surface area contributed by atoms with Crippen LogP contribution in [-0.4, -0.2) is 23.5 Å². The van der Waals surface area contributed by atoms with Crippen molar-refractivity contribution < 1.29 is 14.7 Å². The van der Waals surface area contributed by atoms with Crippen LogP contribution in [0.2, 0.25) is 5.02 Å². The van der Waals surface area contributed by atoms with Gasteiger partial charge in [-0.2, -0.15) is 0 Å². The van der Waals surface area contributed by atoms with Gasteiger partial charge in [-0.05, 0) is 42.4 Å². The minimum atomic E-state index is -0.866. The van der Waals surface area contributed by atoms with Crippen LogP contribution < -0.4 is 5.32 Å². The number of carbonyl (C=O) groups excluding carboxylic acids is 1. The maximum Gasteiger partial charge on any atom is 0.307 e. The average Bonchev–Trinajstić information content (AvgIpc) is 3.09. The Kier molecular flexibility index (Phi) is 4.21. The number of aliphatic carboxylic acids is 1. The highest BCUT2D eigenvalue weighted by Gasteiger charge is 2.51. The second-order valence-corrected chi connectivity index (χ2v) is 6.44. The van der Waals surface area contributed by atoms with Crippen LogP contribution in [0, 0.1) is 23.7 Å². The number of carbonyl (C=O) groups is 2. The van der Waals surface area contributed by atoms with Gasteiger partial charge < -0.3 is 10.4 Å². The van der Waals surface area contributed by atoms with E-state index in [1.165, 1.54) is 0 Å². The summed E-state index contributed by atoms with van der Waals surface area (Å²) in [4.78, 5) is 23.8. The summed E-state index contributed by atoms with van der Waals surface area (Å²) >= 11 is 5.83. The first-order chi connectivity index (χ1) is 10.6. The molecule has 0 unspecified atom stereocenters. The van der Waals surface area contributed by atoms with Crippen molar-refractivity contribution in [2.24, 2.45) is 23.7 Å². The lowest BCUT2D eigenvalue weighted by atomic mass is 9.82. The molecular formula is C17H18ClNO3. The number of nitrogens with one attached hydrogen (secondary N) is 1. The molecule has 2 aliphatic rings. The molecule has 1 aromatic carbocycles. The molecule has 5 heteroatoms.